The van der Waals surface area contributed by atoms with Crippen molar-refractivity contribution in [1.82, 2.24) is 19.9 Å². The Morgan fingerprint density at radius 1 is 0.595 bits per heavy atom. The van der Waals surface area contributed by atoms with Gasteiger partial charge in [0.1, 0.15) is 11.6 Å². The lowest BCUT2D eigenvalue weighted by atomic mass is 9.85. The number of hydrogen-bond acceptors (Lipinski definition) is 8. The van der Waals surface area contributed by atoms with Crippen LogP contribution in [0.4, 0.5) is 11.6 Å². The van der Waals surface area contributed by atoms with Gasteiger partial charge >= 0.3 is 0 Å². The molecule has 0 bridgehead atoms. The first-order valence-electron chi connectivity index (χ1n) is 15.9. The largest absolute Gasteiger partial charge is 0.414 e. The summed E-state index contributed by atoms with van der Waals surface area (Å²) >= 11 is 0. The highest BCUT2D eigenvalue weighted by Gasteiger charge is 2.41. The van der Waals surface area contributed by atoms with Crippen molar-refractivity contribution >= 4 is 28.3 Å². The third-order valence-corrected chi connectivity index (χ3v) is 19.1. The van der Waals surface area contributed by atoms with E-state index in [0.29, 0.717) is 35.7 Å². The van der Waals surface area contributed by atoms with Gasteiger partial charge in [0.25, 0.3) is 0 Å². The molecule has 236 valence electrons. The van der Waals surface area contributed by atoms with E-state index in [2.05, 4.69) is 87.7 Å². The zero-order valence-corrected chi connectivity index (χ0v) is 30.0. The summed E-state index contributed by atoms with van der Waals surface area (Å²) in [5.74, 6) is 1.90. The second-order valence-electron chi connectivity index (χ2n) is 15.5. The fraction of sp³-hybridized carbons (Fsp3) is 0.750. The van der Waals surface area contributed by atoms with E-state index in [1.165, 1.54) is 38.5 Å². The van der Waals surface area contributed by atoms with E-state index in [-0.39, 0.29) is 10.1 Å². The van der Waals surface area contributed by atoms with Crippen molar-refractivity contribution in [3.8, 4) is 0 Å². The maximum atomic E-state index is 6.58. The van der Waals surface area contributed by atoms with Crippen LogP contribution in [0.1, 0.15) is 116 Å². The summed E-state index contributed by atoms with van der Waals surface area (Å²) < 4.78 is 13.2. The number of rotatable bonds is 6. The lowest BCUT2D eigenvalue weighted by Crippen LogP contribution is -2.44. The Bertz CT molecular complexity index is 1020. The summed E-state index contributed by atoms with van der Waals surface area (Å²) in [7, 11) is -3.38. The van der Waals surface area contributed by atoms with Crippen LogP contribution in [0.2, 0.25) is 36.3 Å². The molecule has 4 rings (SSSR count). The Balaban J connectivity index is 0.000000230. The topological polar surface area (TPSA) is 122 Å². The van der Waals surface area contributed by atoms with Crippen molar-refractivity contribution in [2.45, 2.75) is 153 Å². The van der Waals surface area contributed by atoms with Crippen LogP contribution in [0.15, 0.2) is 24.8 Å². The number of nitrogen functional groups attached to an aromatic ring is 2. The van der Waals surface area contributed by atoms with Gasteiger partial charge in [-0.3, -0.25) is 9.97 Å². The monoisotopic (exact) mass is 614 g/mol. The van der Waals surface area contributed by atoms with E-state index in [4.69, 9.17) is 20.3 Å². The van der Waals surface area contributed by atoms with E-state index < -0.39 is 16.6 Å². The van der Waals surface area contributed by atoms with Crippen molar-refractivity contribution in [3.05, 3.63) is 36.2 Å². The molecule has 2 aromatic heterocycles. The average Bonchev–Trinajstić information content (AvgIpc) is 2.88. The summed E-state index contributed by atoms with van der Waals surface area (Å²) in [6.45, 7) is 23.1. The van der Waals surface area contributed by atoms with Crippen LogP contribution in [-0.2, 0) is 8.85 Å². The number of hydrogen-bond donors (Lipinski definition) is 2. The Morgan fingerprint density at radius 2 is 0.952 bits per heavy atom. The van der Waals surface area contributed by atoms with Gasteiger partial charge in [-0.05, 0) is 74.8 Å². The SMILES string of the molecule is CC(C)(C)[Si](C)(C)OC1CCCC(c2cnc(N)cn2)C1.CC(C)(C)[Si](C)(C)O[C@@H]1CCC[C@H](c2cnc(N)cn2)C1. The Hall–Kier alpha value is -1.89. The first kappa shape index (κ1) is 34.6. The summed E-state index contributed by atoms with van der Waals surface area (Å²) in [6.07, 6.45) is 16.9. The molecule has 42 heavy (non-hydrogen) atoms. The molecule has 2 fully saturated rings. The standard InChI is InChI=1S/2C16H29N3OSi/c2*1-16(2,3)21(4,5)20-13-8-6-7-12(9-13)14-10-19-15(17)11-18-14/h2*10-13H,6-9H2,1-5H3,(H2,17,19)/t12-,13+;/m0./s1. The molecule has 4 N–H and O–H groups in total. The van der Waals surface area contributed by atoms with Crippen LogP contribution in [-0.4, -0.2) is 48.8 Å². The maximum Gasteiger partial charge on any atom is 0.192 e. The van der Waals surface area contributed by atoms with Crippen molar-refractivity contribution < 1.29 is 8.85 Å². The fourth-order valence-corrected chi connectivity index (χ4v) is 8.15. The second kappa shape index (κ2) is 13.8. The molecular formula is C32H58N6O2Si2. The number of aromatic nitrogens is 4. The first-order chi connectivity index (χ1) is 19.4. The zero-order chi connectivity index (χ0) is 31.3. The minimum atomic E-state index is -1.69. The molecule has 0 spiro atoms. The average molecular weight is 615 g/mol. The van der Waals surface area contributed by atoms with Crippen molar-refractivity contribution in [1.29, 1.82) is 0 Å². The van der Waals surface area contributed by atoms with Crippen molar-refractivity contribution in [2.24, 2.45) is 0 Å². The Morgan fingerprint density at radius 3 is 1.24 bits per heavy atom. The molecule has 0 aliphatic heterocycles. The molecule has 0 amide bonds. The van der Waals surface area contributed by atoms with Crippen LogP contribution in [0, 0.1) is 0 Å². The van der Waals surface area contributed by atoms with Gasteiger partial charge in [-0.25, -0.2) is 9.97 Å². The number of nitrogens with two attached hydrogens (primary N) is 2. The van der Waals surface area contributed by atoms with Crippen LogP contribution < -0.4 is 11.5 Å². The van der Waals surface area contributed by atoms with Crippen LogP contribution in [0.5, 0.6) is 0 Å². The van der Waals surface area contributed by atoms with Crippen LogP contribution in [0.25, 0.3) is 0 Å². The predicted octanol–water partition coefficient (Wildman–Crippen LogP) is 8.21. The molecule has 2 heterocycles. The highest BCUT2D eigenvalue weighted by molar-refractivity contribution is 6.74. The highest BCUT2D eigenvalue weighted by atomic mass is 28.4. The lowest BCUT2D eigenvalue weighted by molar-refractivity contribution is 0.126. The zero-order valence-electron chi connectivity index (χ0n) is 28.0. The normalized spacial score (nSPS) is 24.0. The van der Waals surface area contributed by atoms with E-state index in [1.54, 1.807) is 12.4 Å². The molecule has 8 nitrogen and oxygen atoms in total. The highest BCUT2D eigenvalue weighted by Crippen LogP contribution is 2.42. The molecule has 0 saturated heterocycles. The van der Waals surface area contributed by atoms with E-state index in [9.17, 15) is 0 Å². The quantitative estimate of drug-likeness (QED) is 0.312. The predicted molar refractivity (Wildman–Crippen MR) is 179 cm³/mol. The van der Waals surface area contributed by atoms with Gasteiger partial charge in [-0.2, -0.15) is 0 Å². The van der Waals surface area contributed by atoms with Gasteiger partial charge in [-0.1, -0.05) is 54.4 Å². The van der Waals surface area contributed by atoms with Crippen molar-refractivity contribution in [3.63, 3.8) is 0 Å². The second-order valence-corrected chi connectivity index (χ2v) is 25.0. The molecule has 2 saturated carbocycles. The third kappa shape index (κ3) is 9.56. The van der Waals surface area contributed by atoms with Gasteiger partial charge in [0.05, 0.1) is 36.2 Å². The minimum Gasteiger partial charge on any atom is -0.414 e. The summed E-state index contributed by atoms with van der Waals surface area (Å²) in [5, 5.41) is 0.530. The Kier molecular flexibility index (Phi) is 11.4. The number of anilines is 2. The van der Waals surface area contributed by atoms with Gasteiger partial charge in [0, 0.05) is 24.0 Å². The smallest absolute Gasteiger partial charge is 0.192 e. The van der Waals surface area contributed by atoms with Crippen LogP contribution >= 0.6 is 0 Å². The van der Waals surface area contributed by atoms with Crippen LogP contribution in [0.3, 0.4) is 0 Å². The molecule has 2 aliphatic carbocycles. The van der Waals surface area contributed by atoms with Crippen molar-refractivity contribution in [2.75, 3.05) is 11.5 Å². The third-order valence-electron chi connectivity index (χ3n) is 10.0. The first-order valence-corrected chi connectivity index (χ1v) is 21.7. The molecule has 0 aromatic carbocycles. The summed E-state index contributed by atoms with van der Waals surface area (Å²) in [6, 6.07) is 0. The molecule has 10 heteroatoms. The van der Waals surface area contributed by atoms with Gasteiger partial charge in [0.15, 0.2) is 16.6 Å². The minimum absolute atomic E-state index is 0.265. The lowest BCUT2D eigenvalue weighted by Gasteiger charge is -2.41. The summed E-state index contributed by atoms with van der Waals surface area (Å²) in [5.41, 5.74) is 13.4. The molecule has 2 aliphatic rings. The Labute approximate surface area is 257 Å². The molecular weight excluding hydrogens is 557 g/mol. The number of nitrogens with zero attached hydrogens (tertiary/aromatic N) is 4. The van der Waals surface area contributed by atoms with E-state index in [0.717, 1.165) is 24.2 Å². The molecule has 2 unspecified atom stereocenters. The molecule has 4 atom stereocenters. The van der Waals surface area contributed by atoms with Gasteiger partial charge in [-0.15, -0.1) is 0 Å². The molecule has 0 radical (unpaired) electrons. The molecule has 2 aromatic rings. The van der Waals surface area contributed by atoms with E-state index in [1.807, 2.05) is 12.4 Å². The summed E-state index contributed by atoms with van der Waals surface area (Å²) in [4.78, 5) is 17.3. The van der Waals surface area contributed by atoms with Gasteiger partial charge in [0.2, 0.25) is 0 Å². The fourth-order valence-electron chi connectivity index (χ4n) is 5.35. The van der Waals surface area contributed by atoms with E-state index >= 15 is 0 Å². The van der Waals surface area contributed by atoms with Gasteiger partial charge < -0.3 is 20.3 Å². The maximum absolute atomic E-state index is 6.58.